The number of phenolic OH excluding ortho intramolecular Hbond substituents is 1. The van der Waals surface area contributed by atoms with Gasteiger partial charge in [0.25, 0.3) is 0 Å². The van der Waals surface area contributed by atoms with Crippen molar-refractivity contribution in [2.75, 3.05) is 14.2 Å². The van der Waals surface area contributed by atoms with Gasteiger partial charge in [0.2, 0.25) is 0 Å². The lowest BCUT2D eigenvalue weighted by atomic mass is 10.0. The number of carbonyl (C=O) groups is 1. The van der Waals surface area contributed by atoms with Crippen molar-refractivity contribution < 1.29 is 24.1 Å². The van der Waals surface area contributed by atoms with Crippen LogP contribution in [0.3, 0.4) is 0 Å². The molecule has 1 heterocycles. The quantitative estimate of drug-likeness (QED) is 0.817. The van der Waals surface area contributed by atoms with Crippen LogP contribution in [0.5, 0.6) is 17.2 Å². The van der Waals surface area contributed by atoms with Gasteiger partial charge in [-0.2, -0.15) is 0 Å². The van der Waals surface area contributed by atoms with E-state index < -0.39 is 0 Å². The Labute approximate surface area is 124 Å². The average molecular weight is 294 g/mol. The molecule has 2 unspecified atom stereocenters. The number of ketones is 1. The number of benzene rings is 1. The Hall–Kier alpha value is -1.75. The highest BCUT2D eigenvalue weighted by Gasteiger charge is 2.24. The molecule has 1 aromatic carbocycles. The second-order valence-corrected chi connectivity index (χ2v) is 5.33. The van der Waals surface area contributed by atoms with Gasteiger partial charge >= 0.3 is 0 Å². The highest BCUT2D eigenvalue weighted by Crippen LogP contribution is 2.35. The molecule has 1 saturated heterocycles. The van der Waals surface area contributed by atoms with Crippen molar-refractivity contribution in [3.05, 3.63) is 17.7 Å². The standard InChI is InChI=1S/C16H22O5/c1-10-4-5-11(21-10)6-7-13(17)16-14(18)8-12(19-2)9-15(16)20-3/h8-11,18H,4-7H2,1-3H3. The Balaban J connectivity index is 2.07. The third-order valence-corrected chi connectivity index (χ3v) is 3.80. The van der Waals surface area contributed by atoms with Crippen LogP contribution < -0.4 is 9.47 Å². The molecule has 1 aliphatic heterocycles. The largest absolute Gasteiger partial charge is 0.507 e. The second kappa shape index (κ2) is 6.80. The average Bonchev–Trinajstić information content (AvgIpc) is 2.89. The number of aromatic hydroxyl groups is 1. The monoisotopic (exact) mass is 294 g/mol. The topological polar surface area (TPSA) is 65.0 Å². The van der Waals surface area contributed by atoms with E-state index in [1.54, 1.807) is 6.07 Å². The molecule has 1 N–H and O–H groups in total. The van der Waals surface area contributed by atoms with Gasteiger partial charge in [-0.25, -0.2) is 0 Å². The summed E-state index contributed by atoms with van der Waals surface area (Å²) in [7, 11) is 2.96. The minimum Gasteiger partial charge on any atom is -0.507 e. The van der Waals surface area contributed by atoms with Crippen LogP contribution in [-0.2, 0) is 4.74 Å². The molecule has 0 saturated carbocycles. The van der Waals surface area contributed by atoms with Crippen LogP contribution in [0.1, 0.15) is 43.0 Å². The van der Waals surface area contributed by atoms with Crippen LogP contribution in [0.4, 0.5) is 0 Å². The summed E-state index contributed by atoms with van der Waals surface area (Å²) in [6.07, 6.45) is 3.42. The first kappa shape index (κ1) is 15.6. The molecule has 0 radical (unpaired) electrons. The highest BCUT2D eigenvalue weighted by atomic mass is 16.5. The minimum atomic E-state index is -0.143. The normalized spacial score (nSPS) is 21.3. The van der Waals surface area contributed by atoms with Gasteiger partial charge in [-0.3, -0.25) is 4.79 Å². The molecule has 2 atom stereocenters. The maximum Gasteiger partial charge on any atom is 0.170 e. The third kappa shape index (κ3) is 3.67. The van der Waals surface area contributed by atoms with E-state index in [2.05, 4.69) is 0 Å². The first-order valence-electron chi connectivity index (χ1n) is 7.18. The molecule has 0 aliphatic carbocycles. The Morgan fingerprint density at radius 1 is 1.33 bits per heavy atom. The van der Waals surface area contributed by atoms with E-state index in [9.17, 15) is 9.90 Å². The molecule has 0 amide bonds. The van der Waals surface area contributed by atoms with Crippen molar-refractivity contribution in [1.29, 1.82) is 0 Å². The molecule has 0 spiro atoms. The summed E-state index contributed by atoms with van der Waals surface area (Å²) in [6, 6.07) is 3.02. The van der Waals surface area contributed by atoms with Crippen LogP contribution in [0, 0.1) is 0 Å². The summed E-state index contributed by atoms with van der Waals surface area (Å²) >= 11 is 0. The van der Waals surface area contributed by atoms with Crippen molar-refractivity contribution in [3.8, 4) is 17.2 Å². The van der Waals surface area contributed by atoms with E-state index in [0.29, 0.717) is 24.3 Å². The SMILES string of the molecule is COc1cc(O)c(C(=O)CCC2CCC(C)O2)c(OC)c1. The van der Waals surface area contributed by atoms with Gasteiger partial charge in [-0.1, -0.05) is 0 Å². The number of rotatable bonds is 6. The Bertz CT molecular complexity index is 512. The molecule has 1 aliphatic rings. The highest BCUT2D eigenvalue weighted by molar-refractivity contribution is 6.01. The predicted molar refractivity (Wildman–Crippen MR) is 78.3 cm³/mol. The van der Waals surface area contributed by atoms with Gasteiger partial charge < -0.3 is 19.3 Å². The van der Waals surface area contributed by atoms with Crippen molar-refractivity contribution in [1.82, 2.24) is 0 Å². The molecule has 5 nitrogen and oxygen atoms in total. The number of hydrogen-bond acceptors (Lipinski definition) is 5. The zero-order valence-corrected chi connectivity index (χ0v) is 12.7. The van der Waals surface area contributed by atoms with Gasteiger partial charge in [0, 0.05) is 18.6 Å². The zero-order chi connectivity index (χ0) is 15.4. The number of methoxy groups -OCH3 is 2. The molecule has 1 fully saturated rings. The maximum atomic E-state index is 12.3. The first-order chi connectivity index (χ1) is 10.0. The van der Waals surface area contributed by atoms with E-state index in [-0.39, 0.29) is 29.3 Å². The number of ether oxygens (including phenoxy) is 3. The van der Waals surface area contributed by atoms with Gasteiger partial charge in [0.15, 0.2) is 5.78 Å². The van der Waals surface area contributed by atoms with E-state index in [4.69, 9.17) is 14.2 Å². The van der Waals surface area contributed by atoms with Crippen LogP contribution in [0.15, 0.2) is 12.1 Å². The maximum absolute atomic E-state index is 12.3. The fourth-order valence-electron chi connectivity index (χ4n) is 2.65. The summed E-state index contributed by atoms with van der Waals surface area (Å²) in [5, 5.41) is 10.0. The molecule has 0 bridgehead atoms. The van der Waals surface area contributed by atoms with Crippen molar-refractivity contribution in [2.45, 2.75) is 44.8 Å². The van der Waals surface area contributed by atoms with Gasteiger partial charge in [0.1, 0.15) is 22.8 Å². The molecule has 5 heteroatoms. The third-order valence-electron chi connectivity index (χ3n) is 3.80. The van der Waals surface area contributed by atoms with Crippen molar-refractivity contribution in [2.24, 2.45) is 0 Å². The fraction of sp³-hybridized carbons (Fsp3) is 0.562. The minimum absolute atomic E-state index is 0.114. The van der Waals surface area contributed by atoms with Crippen LogP contribution in [-0.4, -0.2) is 37.3 Å². The fourth-order valence-corrected chi connectivity index (χ4v) is 2.65. The Kier molecular flexibility index (Phi) is 5.07. The van der Waals surface area contributed by atoms with Gasteiger partial charge in [-0.05, 0) is 26.2 Å². The van der Waals surface area contributed by atoms with Gasteiger partial charge in [0.05, 0.1) is 26.4 Å². The summed E-state index contributed by atoms with van der Waals surface area (Å²) in [5.41, 5.74) is 0.212. The van der Waals surface area contributed by atoms with Crippen molar-refractivity contribution in [3.63, 3.8) is 0 Å². The summed E-state index contributed by atoms with van der Waals surface area (Å²) < 4.78 is 15.9. The Morgan fingerprint density at radius 2 is 2.10 bits per heavy atom. The van der Waals surface area contributed by atoms with Crippen molar-refractivity contribution >= 4 is 5.78 Å². The number of Topliss-reactive ketones (excluding diaryl/α,β-unsaturated/α-hetero) is 1. The van der Waals surface area contributed by atoms with E-state index in [1.165, 1.54) is 20.3 Å². The molecule has 0 aromatic heterocycles. The van der Waals surface area contributed by atoms with Crippen LogP contribution >= 0.6 is 0 Å². The Morgan fingerprint density at radius 3 is 2.67 bits per heavy atom. The van der Waals surface area contributed by atoms with Crippen LogP contribution in [0.2, 0.25) is 0 Å². The number of phenols is 1. The van der Waals surface area contributed by atoms with Gasteiger partial charge in [-0.15, -0.1) is 0 Å². The lowest BCUT2D eigenvalue weighted by Crippen LogP contribution is -2.11. The van der Waals surface area contributed by atoms with Crippen LogP contribution in [0.25, 0.3) is 0 Å². The molecule has 1 aromatic rings. The summed E-state index contributed by atoms with van der Waals surface area (Å²) in [4.78, 5) is 12.3. The number of carbonyl (C=O) groups excluding carboxylic acids is 1. The summed E-state index contributed by atoms with van der Waals surface area (Å²) in [6.45, 7) is 2.04. The summed E-state index contributed by atoms with van der Waals surface area (Å²) in [5.74, 6) is 0.526. The van der Waals surface area contributed by atoms with E-state index in [0.717, 1.165) is 12.8 Å². The number of hydrogen-bond donors (Lipinski definition) is 1. The molecule has 2 rings (SSSR count). The molecular weight excluding hydrogens is 272 g/mol. The molecular formula is C16H22O5. The zero-order valence-electron chi connectivity index (χ0n) is 12.7. The molecule has 116 valence electrons. The first-order valence-corrected chi connectivity index (χ1v) is 7.18. The predicted octanol–water partition coefficient (Wildman–Crippen LogP) is 2.94. The second-order valence-electron chi connectivity index (χ2n) is 5.33. The molecule has 21 heavy (non-hydrogen) atoms. The lowest BCUT2D eigenvalue weighted by Gasteiger charge is -2.13. The van der Waals surface area contributed by atoms with E-state index in [1.807, 2.05) is 6.92 Å². The smallest absolute Gasteiger partial charge is 0.170 e. The lowest BCUT2D eigenvalue weighted by molar-refractivity contribution is 0.0484. The van der Waals surface area contributed by atoms with E-state index >= 15 is 0 Å².